The predicted molar refractivity (Wildman–Crippen MR) is 225 cm³/mol. The number of carbonyl (C=O) groups excluding carboxylic acids is 2. The highest BCUT2D eigenvalue weighted by Crippen LogP contribution is 2.15. The molecule has 0 saturated carbocycles. The zero-order valence-corrected chi connectivity index (χ0v) is 34.4. The van der Waals surface area contributed by atoms with Crippen molar-refractivity contribution in [1.29, 1.82) is 0 Å². The highest BCUT2D eigenvalue weighted by atomic mass is 16.5. The van der Waals surface area contributed by atoms with Gasteiger partial charge >= 0.3 is 11.9 Å². The molecule has 7 heteroatoms. The van der Waals surface area contributed by atoms with Crippen LogP contribution in [0.25, 0.3) is 0 Å². The summed E-state index contributed by atoms with van der Waals surface area (Å²) < 4.78 is 5.90. The van der Waals surface area contributed by atoms with Crippen molar-refractivity contribution in [1.82, 2.24) is 5.32 Å². The summed E-state index contributed by atoms with van der Waals surface area (Å²) in [6, 6.07) is -0.875. The van der Waals surface area contributed by atoms with Crippen molar-refractivity contribution in [2.45, 2.75) is 219 Å². The lowest BCUT2D eigenvalue weighted by Crippen LogP contribution is -2.40. The normalized spacial score (nSPS) is 13.1. The van der Waals surface area contributed by atoms with Gasteiger partial charge in [-0.15, -0.1) is 0 Å². The number of amides is 1. The van der Waals surface area contributed by atoms with Gasteiger partial charge in [-0.2, -0.15) is 0 Å². The highest BCUT2D eigenvalue weighted by molar-refractivity contribution is 5.83. The molecule has 0 radical (unpaired) electrons. The minimum atomic E-state index is -1.02. The molecule has 53 heavy (non-hydrogen) atoms. The molecule has 0 heterocycles. The lowest BCUT2D eigenvalue weighted by molar-refractivity contribution is -0.147. The molecule has 0 aromatic heterocycles. The molecule has 0 aliphatic heterocycles. The summed E-state index contributed by atoms with van der Waals surface area (Å²) in [5, 5.41) is 11.9. The van der Waals surface area contributed by atoms with E-state index in [2.05, 4.69) is 61.7 Å². The highest BCUT2D eigenvalue weighted by Gasteiger charge is 2.19. The fourth-order valence-corrected chi connectivity index (χ4v) is 6.24. The molecule has 0 aromatic rings. The topological polar surface area (TPSA) is 119 Å². The van der Waals surface area contributed by atoms with Gasteiger partial charge in [-0.25, -0.2) is 4.79 Å². The Morgan fingerprint density at radius 3 is 1.62 bits per heavy atom. The van der Waals surface area contributed by atoms with Gasteiger partial charge in [-0.3, -0.25) is 9.59 Å². The van der Waals surface area contributed by atoms with Crippen molar-refractivity contribution in [3.63, 3.8) is 0 Å². The zero-order valence-electron chi connectivity index (χ0n) is 34.4. The third-order valence-corrected chi connectivity index (χ3v) is 9.60. The maximum Gasteiger partial charge on any atom is 0.326 e. The zero-order chi connectivity index (χ0) is 38.9. The molecular weight excluding hydrogens is 661 g/mol. The molecule has 0 rings (SSSR count). The summed E-state index contributed by atoms with van der Waals surface area (Å²) in [6.07, 6.45) is 49.0. The first-order valence-electron chi connectivity index (χ1n) is 22.0. The molecule has 0 aromatic carbocycles. The van der Waals surface area contributed by atoms with Gasteiger partial charge in [-0.05, 0) is 96.1 Å². The van der Waals surface area contributed by atoms with E-state index >= 15 is 0 Å². The first-order chi connectivity index (χ1) is 25.9. The predicted octanol–water partition coefficient (Wildman–Crippen LogP) is 12.4. The van der Waals surface area contributed by atoms with Crippen LogP contribution >= 0.6 is 0 Å². The van der Waals surface area contributed by atoms with Gasteiger partial charge < -0.3 is 20.9 Å². The number of nitrogens with two attached hydrogens (primary N) is 1. The number of ether oxygens (including phenoxy) is 1. The summed E-state index contributed by atoms with van der Waals surface area (Å²) >= 11 is 0. The van der Waals surface area contributed by atoms with Gasteiger partial charge in [0.05, 0.1) is 0 Å². The average Bonchev–Trinajstić information content (AvgIpc) is 3.14. The standard InChI is InChI=1S/C46H82N2O5/c1-3-5-7-9-11-12-13-14-15-16-17-18-19-20-21-22-23-24-26-28-34-40-45(50)53-42(36-31-27-25-10-8-6-4-2)37-32-29-30-33-39-44(49)48-43(46(51)52)38-35-41-47/h10,13-14,16-17,25,31,36,42-43H,3-9,11-12,15,18-24,26-30,32-35,37-41,47H2,1-2H3,(H,48,49)(H,51,52)/b14-13-,17-16-,25-10-,36-31-. The van der Waals surface area contributed by atoms with Crippen molar-refractivity contribution in [3.8, 4) is 0 Å². The number of carboxylic acids is 1. The number of nitrogens with one attached hydrogen (secondary N) is 1. The Balaban J connectivity index is 4.15. The summed E-state index contributed by atoms with van der Waals surface area (Å²) in [5.41, 5.74) is 5.48. The maximum atomic E-state index is 12.7. The molecule has 306 valence electrons. The van der Waals surface area contributed by atoms with Crippen molar-refractivity contribution < 1.29 is 24.2 Å². The molecule has 0 fully saturated rings. The number of aliphatic carboxylic acids is 1. The Morgan fingerprint density at radius 2 is 1.06 bits per heavy atom. The van der Waals surface area contributed by atoms with Crippen LogP contribution < -0.4 is 11.1 Å². The van der Waals surface area contributed by atoms with Gasteiger partial charge in [-0.1, -0.05) is 153 Å². The third kappa shape index (κ3) is 37.4. The molecule has 0 saturated heterocycles. The van der Waals surface area contributed by atoms with E-state index in [0.29, 0.717) is 38.6 Å². The number of carboxylic acid groups (broad SMARTS) is 1. The second kappa shape index (κ2) is 40.5. The number of allylic oxidation sites excluding steroid dienone is 7. The van der Waals surface area contributed by atoms with E-state index in [1.165, 1.54) is 103 Å². The summed E-state index contributed by atoms with van der Waals surface area (Å²) in [5.74, 6) is -1.36. The average molecular weight is 743 g/mol. The molecule has 4 N–H and O–H groups in total. The lowest BCUT2D eigenvalue weighted by Gasteiger charge is -2.15. The molecule has 2 unspecified atom stereocenters. The van der Waals surface area contributed by atoms with Crippen LogP contribution in [0.1, 0.15) is 206 Å². The van der Waals surface area contributed by atoms with E-state index in [0.717, 1.165) is 57.8 Å². The molecule has 0 spiro atoms. The van der Waals surface area contributed by atoms with Gasteiger partial charge in [0.2, 0.25) is 5.91 Å². The first-order valence-corrected chi connectivity index (χ1v) is 22.0. The number of hydrogen-bond donors (Lipinski definition) is 3. The van der Waals surface area contributed by atoms with Crippen LogP contribution in [0.3, 0.4) is 0 Å². The molecule has 7 nitrogen and oxygen atoms in total. The minimum Gasteiger partial charge on any atom is -0.480 e. The van der Waals surface area contributed by atoms with Crippen molar-refractivity contribution in [3.05, 3.63) is 48.6 Å². The van der Waals surface area contributed by atoms with Crippen LogP contribution in [0.4, 0.5) is 0 Å². The second-order valence-electron chi connectivity index (χ2n) is 14.7. The van der Waals surface area contributed by atoms with Crippen LogP contribution in [0, 0.1) is 0 Å². The summed E-state index contributed by atoms with van der Waals surface area (Å²) in [6.45, 7) is 4.86. The molecule has 0 aliphatic rings. The SMILES string of the molecule is CCCC/C=C\C/C=C\C(CCCCCCC(=O)NC(CCCN)C(=O)O)OC(=O)CCCCCCCCCCC/C=C\C/C=C\CCCCCCC. The smallest absolute Gasteiger partial charge is 0.326 e. The molecule has 0 bridgehead atoms. The third-order valence-electron chi connectivity index (χ3n) is 9.60. The second-order valence-corrected chi connectivity index (χ2v) is 14.7. The van der Waals surface area contributed by atoms with E-state index < -0.39 is 12.0 Å². The minimum absolute atomic E-state index is 0.111. The largest absolute Gasteiger partial charge is 0.480 e. The van der Waals surface area contributed by atoms with E-state index in [1.54, 1.807) is 0 Å². The number of carbonyl (C=O) groups is 3. The van der Waals surface area contributed by atoms with E-state index in [9.17, 15) is 19.5 Å². The number of esters is 1. The Morgan fingerprint density at radius 1 is 0.566 bits per heavy atom. The quantitative estimate of drug-likeness (QED) is 0.0328. The van der Waals surface area contributed by atoms with Gasteiger partial charge in [0.1, 0.15) is 12.1 Å². The van der Waals surface area contributed by atoms with Crippen molar-refractivity contribution >= 4 is 17.8 Å². The fourth-order valence-electron chi connectivity index (χ4n) is 6.24. The lowest BCUT2D eigenvalue weighted by atomic mass is 10.1. The Kier molecular flexibility index (Phi) is 38.5. The summed E-state index contributed by atoms with van der Waals surface area (Å²) in [7, 11) is 0. The van der Waals surface area contributed by atoms with E-state index in [1.807, 2.05) is 6.08 Å². The molecule has 1 amide bonds. The fraction of sp³-hybridized carbons (Fsp3) is 0.761. The van der Waals surface area contributed by atoms with Crippen molar-refractivity contribution in [2.24, 2.45) is 5.73 Å². The van der Waals surface area contributed by atoms with E-state index in [4.69, 9.17) is 10.5 Å². The van der Waals surface area contributed by atoms with Gasteiger partial charge in [0.25, 0.3) is 0 Å². The van der Waals surface area contributed by atoms with Crippen molar-refractivity contribution in [2.75, 3.05) is 6.54 Å². The Hall–Kier alpha value is -2.67. The first kappa shape index (κ1) is 50.3. The number of rotatable bonds is 39. The van der Waals surface area contributed by atoms with Crippen LogP contribution in [0.2, 0.25) is 0 Å². The Labute approximate surface area is 326 Å². The monoisotopic (exact) mass is 743 g/mol. The maximum absolute atomic E-state index is 12.7. The summed E-state index contributed by atoms with van der Waals surface area (Å²) in [4.78, 5) is 36.3. The van der Waals surface area contributed by atoms with Crippen LogP contribution in [0.15, 0.2) is 48.6 Å². The van der Waals surface area contributed by atoms with Gasteiger partial charge in [0, 0.05) is 12.8 Å². The Bertz CT molecular complexity index is 973. The molecular formula is C46H82N2O5. The number of hydrogen-bond acceptors (Lipinski definition) is 5. The van der Waals surface area contributed by atoms with Crippen LogP contribution in [0.5, 0.6) is 0 Å². The van der Waals surface area contributed by atoms with Crippen LogP contribution in [-0.4, -0.2) is 41.6 Å². The molecule has 2 atom stereocenters. The molecule has 0 aliphatic carbocycles. The number of unbranched alkanes of at least 4 members (excludes halogenated alkanes) is 19. The van der Waals surface area contributed by atoms with E-state index in [-0.39, 0.29) is 18.0 Å². The van der Waals surface area contributed by atoms with Crippen LogP contribution in [-0.2, 0) is 19.1 Å². The van der Waals surface area contributed by atoms with Gasteiger partial charge in [0.15, 0.2) is 0 Å².